The summed E-state index contributed by atoms with van der Waals surface area (Å²) < 4.78 is 5.01. The lowest BCUT2D eigenvalue weighted by atomic mass is 10.1. The Bertz CT molecular complexity index is 834. The van der Waals surface area contributed by atoms with E-state index in [4.69, 9.17) is 4.74 Å². The SMILES string of the molecule is COc1ccc(CNC(=O)CSc2ccc3ccccc3c2)cn1. The molecule has 0 fully saturated rings. The first-order valence-corrected chi connectivity index (χ1v) is 8.60. The molecule has 0 aliphatic heterocycles. The molecule has 3 rings (SSSR count). The molecule has 0 radical (unpaired) electrons. The van der Waals surface area contributed by atoms with Gasteiger partial charge in [-0.05, 0) is 28.5 Å². The number of pyridine rings is 1. The number of fused-ring (bicyclic) bond motifs is 1. The fourth-order valence-electron chi connectivity index (χ4n) is 2.29. The van der Waals surface area contributed by atoms with E-state index in [1.807, 2.05) is 24.3 Å². The van der Waals surface area contributed by atoms with Crippen LogP contribution in [0.15, 0.2) is 65.7 Å². The number of hydrogen-bond donors (Lipinski definition) is 1. The molecular weight excluding hydrogens is 320 g/mol. The second-order valence-corrected chi connectivity index (χ2v) is 6.33. The summed E-state index contributed by atoms with van der Waals surface area (Å²) >= 11 is 1.54. The average Bonchev–Trinajstić information content (AvgIpc) is 2.65. The second-order valence-electron chi connectivity index (χ2n) is 5.28. The van der Waals surface area contributed by atoms with Crippen molar-refractivity contribution >= 4 is 28.4 Å². The largest absolute Gasteiger partial charge is 0.481 e. The summed E-state index contributed by atoms with van der Waals surface area (Å²) in [5, 5.41) is 5.30. The molecule has 0 aliphatic carbocycles. The molecule has 3 aromatic rings. The fraction of sp³-hybridized carbons (Fsp3) is 0.158. The van der Waals surface area contributed by atoms with Gasteiger partial charge in [0.05, 0.1) is 12.9 Å². The zero-order valence-electron chi connectivity index (χ0n) is 13.4. The highest BCUT2D eigenvalue weighted by molar-refractivity contribution is 8.00. The van der Waals surface area contributed by atoms with Crippen LogP contribution in [-0.4, -0.2) is 23.8 Å². The van der Waals surface area contributed by atoms with Gasteiger partial charge in [0.15, 0.2) is 0 Å². The Morgan fingerprint density at radius 2 is 1.96 bits per heavy atom. The maximum Gasteiger partial charge on any atom is 0.230 e. The van der Waals surface area contributed by atoms with Crippen molar-refractivity contribution in [3.63, 3.8) is 0 Å². The van der Waals surface area contributed by atoms with Crippen LogP contribution in [-0.2, 0) is 11.3 Å². The fourth-order valence-corrected chi connectivity index (χ4v) is 3.07. The highest BCUT2D eigenvalue weighted by Gasteiger charge is 2.04. The highest BCUT2D eigenvalue weighted by atomic mass is 32.2. The zero-order valence-corrected chi connectivity index (χ0v) is 14.2. The molecular formula is C19H18N2O2S. The Hall–Kier alpha value is -2.53. The van der Waals surface area contributed by atoms with Crippen LogP contribution >= 0.6 is 11.8 Å². The van der Waals surface area contributed by atoms with E-state index in [9.17, 15) is 4.79 Å². The maximum absolute atomic E-state index is 12.0. The van der Waals surface area contributed by atoms with E-state index in [0.29, 0.717) is 18.2 Å². The van der Waals surface area contributed by atoms with Crippen LogP contribution in [0.4, 0.5) is 0 Å². The molecule has 122 valence electrons. The zero-order chi connectivity index (χ0) is 16.8. The third kappa shape index (κ3) is 4.26. The van der Waals surface area contributed by atoms with Crippen LogP contribution in [0, 0.1) is 0 Å². The van der Waals surface area contributed by atoms with Crippen LogP contribution in [0.2, 0.25) is 0 Å². The third-order valence-corrected chi connectivity index (χ3v) is 4.58. The molecule has 0 atom stereocenters. The summed E-state index contributed by atoms with van der Waals surface area (Å²) in [5.41, 5.74) is 0.944. The monoisotopic (exact) mass is 338 g/mol. The summed E-state index contributed by atoms with van der Waals surface area (Å²) in [6, 6.07) is 18.1. The smallest absolute Gasteiger partial charge is 0.230 e. The van der Waals surface area contributed by atoms with Gasteiger partial charge in [-0.25, -0.2) is 4.98 Å². The minimum Gasteiger partial charge on any atom is -0.481 e. The molecule has 0 spiro atoms. The lowest BCUT2D eigenvalue weighted by Crippen LogP contribution is -2.24. The van der Waals surface area contributed by atoms with Crippen molar-refractivity contribution in [1.82, 2.24) is 10.3 Å². The van der Waals surface area contributed by atoms with Crippen LogP contribution in [0.1, 0.15) is 5.56 Å². The van der Waals surface area contributed by atoms with Crippen LogP contribution in [0.3, 0.4) is 0 Å². The van der Waals surface area contributed by atoms with E-state index in [-0.39, 0.29) is 5.91 Å². The van der Waals surface area contributed by atoms with E-state index in [0.717, 1.165) is 10.5 Å². The van der Waals surface area contributed by atoms with E-state index >= 15 is 0 Å². The lowest BCUT2D eigenvalue weighted by molar-refractivity contribution is -0.118. The summed E-state index contributed by atoms with van der Waals surface area (Å²) in [6.07, 6.45) is 1.70. The van der Waals surface area contributed by atoms with Crippen molar-refractivity contribution in [2.45, 2.75) is 11.4 Å². The van der Waals surface area contributed by atoms with Gasteiger partial charge in [-0.15, -0.1) is 11.8 Å². The Morgan fingerprint density at radius 3 is 2.71 bits per heavy atom. The number of nitrogens with zero attached hydrogens (tertiary/aromatic N) is 1. The van der Waals surface area contributed by atoms with Crippen molar-refractivity contribution in [2.75, 3.05) is 12.9 Å². The predicted octanol–water partition coefficient (Wildman–Crippen LogP) is 3.65. The first-order valence-electron chi connectivity index (χ1n) is 7.62. The van der Waals surface area contributed by atoms with Crippen molar-refractivity contribution in [1.29, 1.82) is 0 Å². The van der Waals surface area contributed by atoms with Gasteiger partial charge in [0, 0.05) is 23.7 Å². The summed E-state index contributed by atoms with van der Waals surface area (Å²) in [5.74, 6) is 0.961. The molecule has 1 amide bonds. The van der Waals surface area contributed by atoms with Gasteiger partial charge < -0.3 is 10.1 Å². The van der Waals surface area contributed by atoms with Gasteiger partial charge in [0.2, 0.25) is 11.8 Å². The molecule has 0 bridgehead atoms. The first-order chi connectivity index (χ1) is 11.7. The molecule has 0 saturated heterocycles. The number of aromatic nitrogens is 1. The number of methoxy groups -OCH3 is 1. The Balaban J connectivity index is 1.50. The quantitative estimate of drug-likeness (QED) is 0.697. The number of nitrogens with one attached hydrogen (secondary N) is 1. The molecule has 5 heteroatoms. The Kier molecular flexibility index (Phi) is 5.33. The summed E-state index contributed by atoms with van der Waals surface area (Å²) in [7, 11) is 1.58. The highest BCUT2D eigenvalue weighted by Crippen LogP contribution is 2.23. The number of carbonyl (C=O) groups is 1. The van der Waals surface area contributed by atoms with Gasteiger partial charge in [0.25, 0.3) is 0 Å². The van der Waals surface area contributed by atoms with E-state index in [2.05, 4.69) is 34.6 Å². The van der Waals surface area contributed by atoms with E-state index in [1.165, 1.54) is 22.5 Å². The predicted molar refractivity (Wildman–Crippen MR) is 97.3 cm³/mol. The molecule has 4 nitrogen and oxygen atoms in total. The molecule has 24 heavy (non-hydrogen) atoms. The second kappa shape index (κ2) is 7.84. The van der Waals surface area contributed by atoms with Gasteiger partial charge in [-0.2, -0.15) is 0 Å². The van der Waals surface area contributed by atoms with Gasteiger partial charge in [0.1, 0.15) is 0 Å². The Morgan fingerprint density at radius 1 is 1.12 bits per heavy atom. The minimum atomic E-state index is 0.00368. The molecule has 2 aromatic carbocycles. The van der Waals surface area contributed by atoms with Gasteiger partial charge in [-0.3, -0.25) is 4.79 Å². The molecule has 1 aromatic heterocycles. The number of amides is 1. The van der Waals surface area contributed by atoms with Crippen molar-refractivity contribution in [3.05, 3.63) is 66.4 Å². The van der Waals surface area contributed by atoms with Crippen LogP contribution in [0.5, 0.6) is 5.88 Å². The average molecular weight is 338 g/mol. The number of rotatable bonds is 6. The first kappa shape index (κ1) is 16.3. The van der Waals surface area contributed by atoms with Gasteiger partial charge >= 0.3 is 0 Å². The molecule has 0 unspecified atom stereocenters. The normalized spacial score (nSPS) is 10.5. The Labute approximate surface area is 145 Å². The molecule has 0 aliphatic rings. The number of hydrogen-bond acceptors (Lipinski definition) is 4. The molecule has 1 heterocycles. The number of ether oxygens (including phenoxy) is 1. The summed E-state index contributed by atoms with van der Waals surface area (Å²) in [4.78, 5) is 17.2. The number of benzene rings is 2. The van der Waals surface area contributed by atoms with Crippen molar-refractivity contribution in [3.8, 4) is 5.88 Å². The number of carbonyl (C=O) groups excluding carboxylic acids is 1. The van der Waals surface area contributed by atoms with Crippen LogP contribution < -0.4 is 10.1 Å². The van der Waals surface area contributed by atoms with Gasteiger partial charge in [-0.1, -0.05) is 36.4 Å². The maximum atomic E-state index is 12.0. The third-order valence-electron chi connectivity index (χ3n) is 3.59. The number of thioether (sulfide) groups is 1. The van der Waals surface area contributed by atoms with Crippen molar-refractivity contribution < 1.29 is 9.53 Å². The van der Waals surface area contributed by atoms with E-state index < -0.39 is 0 Å². The lowest BCUT2D eigenvalue weighted by Gasteiger charge is -2.06. The summed E-state index contributed by atoms with van der Waals surface area (Å²) in [6.45, 7) is 0.466. The van der Waals surface area contributed by atoms with Crippen LogP contribution in [0.25, 0.3) is 10.8 Å². The molecule has 1 N–H and O–H groups in total. The van der Waals surface area contributed by atoms with E-state index in [1.54, 1.807) is 19.4 Å². The van der Waals surface area contributed by atoms with Crippen molar-refractivity contribution in [2.24, 2.45) is 0 Å². The standard InChI is InChI=1S/C19H18N2O2S/c1-23-19-9-6-14(12-21-19)11-20-18(22)13-24-17-8-7-15-4-2-3-5-16(15)10-17/h2-10,12H,11,13H2,1H3,(H,20,22). The molecule has 0 saturated carbocycles. The minimum absolute atomic E-state index is 0.00368. The topological polar surface area (TPSA) is 51.2 Å².